The molecule has 0 bridgehead atoms. The highest BCUT2D eigenvalue weighted by molar-refractivity contribution is 6.18. The fourth-order valence-electron chi connectivity index (χ4n) is 1.60. The topological polar surface area (TPSA) is 40.5 Å². The van der Waals surface area contributed by atoms with E-state index in [4.69, 9.17) is 11.6 Å². The quantitative estimate of drug-likeness (QED) is 0.469. The van der Waals surface area contributed by atoms with E-state index in [-0.39, 0.29) is 12.0 Å². The summed E-state index contributed by atoms with van der Waals surface area (Å²) < 4.78 is 0. The first-order chi connectivity index (χ1) is 5.16. The van der Waals surface area contributed by atoms with Crippen LogP contribution >= 0.6 is 11.6 Å². The second kappa shape index (κ2) is 3.74. The molecule has 1 aliphatic rings. The molecule has 1 rings (SSSR count). The number of hydrogen-bond donors (Lipinski definition) is 2. The van der Waals surface area contributed by atoms with Crippen LogP contribution in [-0.4, -0.2) is 27.8 Å². The lowest BCUT2D eigenvalue weighted by molar-refractivity contribution is 0.00917. The summed E-state index contributed by atoms with van der Waals surface area (Å²) in [6, 6.07) is 0. The third-order valence-electron chi connectivity index (χ3n) is 2.29. The first kappa shape index (κ1) is 9.30. The Labute approximate surface area is 72.2 Å². The van der Waals surface area contributed by atoms with Crippen LogP contribution in [0.1, 0.15) is 32.1 Å². The van der Waals surface area contributed by atoms with Crippen molar-refractivity contribution in [3.63, 3.8) is 0 Å². The van der Waals surface area contributed by atoms with Gasteiger partial charge in [0.2, 0.25) is 0 Å². The van der Waals surface area contributed by atoms with E-state index in [9.17, 15) is 10.2 Å². The molecule has 0 aromatic carbocycles. The third-order valence-corrected chi connectivity index (χ3v) is 2.79. The molecule has 0 aliphatic heterocycles. The van der Waals surface area contributed by atoms with Crippen LogP contribution < -0.4 is 0 Å². The second-order valence-electron chi connectivity index (χ2n) is 3.46. The largest absolute Gasteiger partial charge is 0.393 e. The van der Waals surface area contributed by atoms with Gasteiger partial charge in [0.05, 0.1) is 17.6 Å². The normalized spacial score (nSPS) is 40.1. The van der Waals surface area contributed by atoms with Gasteiger partial charge in [-0.25, -0.2) is 0 Å². The van der Waals surface area contributed by atoms with Gasteiger partial charge in [0.1, 0.15) is 0 Å². The predicted octanol–water partition coefficient (Wildman–Crippen LogP) is 1.28. The van der Waals surface area contributed by atoms with Crippen molar-refractivity contribution in [1.29, 1.82) is 0 Å². The van der Waals surface area contributed by atoms with Gasteiger partial charge in [-0.2, -0.15) is 0 Å². The van der Waals surface area contributed by atoms with Gasteiger partial charge in [-0.3, -0.25) is 0 Å². The van der Waals surface area contributed by atoms with Gasteiger partial charge >= 0.3 is 0 Å². The molecule has 0 saturated heterocycles. The Bertz CT molecular complexity index is 129. The van der Waals surface area contributed by atoms with E-state index in [1.165, 1.54) is 0 Å². The van der Waals surface area contributed by atoms with Crippen molar-refractivity contribution in [2.75, 3.05) is 5.88 Å². The van der Waals surface area contributed by atoms with E-state index >= 15 is 0 Å². The van der Waals surface area contributed by atoms with E-state index in [1.54, 1.807) is 0 Å². The third kappa shape index (κ3) is 2.62. The first-order valence-corrected chi connectivity index (χ1v) is 4.66. The van der Waals surface area contributed by atoms with Gasteiger partial charge in [0.15, 0.2) is 0 Å². The Balaban J connectivity index is 2.51. The molecule has 3 heteroatoms. The summed E-state index contributed by atoms with van der Waals surface area (Å²) in [4.78, 5) is 0. The highest BCUT2D eigenvalue weighted by Gasteiger charge is 2.30. The van der Waals surface area contributed by atoms with Gasteiger partial charge in [-0.1, -0.05) is 12.8 Å². The number of halogens is 1. The molecular formula is C8H15ClO2. The fraction of sp³-hybridized carbons (Fsp3) is 1.00. The number of hydrogen-bond acceptors (Lipinski definition) is 2. The van der Waals surface area contributed by atoms with E-state index in [0.29, 0.717) is 6.42 Å². The average Bonchev–Trinajstić information content (AvgIpc) is 2.13. The average molecular weight is 179 g/mol. The zero-order valence-electron chi connectivity index (χ0n) is 6.59. The lowest BCUT2D eigenvalue weighted by Crippen LogP contribution is -2.33. The summed E-state index contributed by atoms with van der Waals surface area (Å²) in [6.07, 6.45) is 3.59. The summed E-state index contributed by atoms with van der Waals surface area (Å²) in [5, 5.41) is 19.1. The van der Waals surface area contributed by atoms with Gasteiger partial charge in [-0.15, -0.1) is 11.6 Å². The minimum Gasteiger partial charge on any atom is -0.393 e. The number of aliphatic hydroxyl groups is 2. The van der Waals surface area contributed by atoms with Gasteiger partial charge < -0.3 is 10.2 Å². The molecule has 1 saturated carbocycles. The summed E-state index contributed by atoms with van der Waals surface area (Å²) in [5.41, 5.74) is -0.808. The molecule has 0 heterocycles. The van der Waals surface area contributed by atoms with Crippen molar-refractivity contribution < 1.29 is 10.2 Å². The number of aliphatic hydroxyl groups excluding tert-OH is 1. The van der Waals surface area contributed by atoms with Crippen molar-refractivity contribution in [3.05, 3.63) is 0 Å². The van der Waals surface area contributed by atoms with Crippen molar-refractivity contribution >= 4 is 11.6 Å². The molecule has 1 aliphatic carbocycles. The van der Waals surface area contributed by atoms with Gasteiger partial charge in [0, 0.05) is 6.42 Å². The van der Waals surface area contributed by atoms with Crippen LogP contribution in [0.25, 0.3) is 0 Å². The zero-order chi connectivity index (χ0) is 8.32. The SMILES string of the molecule is OC1CCCCC(O)(CCl)C1. The molecular weight excluding hydrogens is 164 g/mol. The summed E-state index contributed by atoms with van der Waals surface area (Å²) in [6.45, 7) is 0. The maximum atomic E-state index is 9.74. The van der Waals surface area contributed by atoms with E-state index in [2.05, 4.69) is 0 Å². The van der Waals surface area contributed by atoms with Crippen molar-refractivity contribution in [2.45, 2.75) is 43.8 Å². The molecule has 2 unspecified atom stereocenters. The lowest BCUT2D eigenvalue weighted by Gasteiger charge is -2.24. The molecule has 2 atom stereocenters. The Morgan fingerprint density at radius 3 is 2.82 bits per heavy atom. The Hall–Kier alpha value is 0.210. The standard InChI is InChI=1S/C8H15ClO2/c9-6-8(11)4-2-1-3-7(10)5-8/h7,10-11H,1-6H2. The van der Waals surface area contributed by atoms with E-state index < -0.39 is 5.60 Å². The Kier molecular flexibility index (Phi) is 3.16. The number of rotatable bonds is 1. The van der Waals surface area contributed by atoms with Crippen LogP contribution in [-0.2, 0) is 0 Å². The predicted molar refractivity (Wildman–Crippen MR) is 44.8 cm³/mol. The minimum absolute atomic E-state index is 0.240. The molecule has 2 nitrogen and oxygen atoms in total. The minimum atomic E-state index is -0.808. The molecule has 0 spiro atoms. The molecule has 1 fully saturated rings. The lowest BCUT2D eigenvalue weighted by atomic mass is 9.96. The van der Waals surface area contributed by atoms with Crippen LogP contribution in [0, 0.1) is 0 Å². The molecule has 11 heavy (non-hydrogen) atoms. The summed E-state index contributed by atoms with van der Waals surface area (Å²) in [5.74, 6) is 0.240. The van der Waals surface area contributed by atoms with Crippen molar-refractivity contribution in [3.8, 4) is 0 Å². The maximum absolute atomic E-state index is 9.74. The molecule has 0 aromatic heterocycles. The molecule has 0 amide bonds. The molecule has 2 N–H and O–H groups in total. The Morgan fingerprint density at radius 2 is 2.18 bits per heavy atom. The second-order valence-corrected chi connectivity index (χ2v) is 3.73. The highest BCUT2D eigenvalue weighted by Crippen LogP contribution is 2.27. The van der Waals surface area contributed by atoms with Gasteiger partial charge in [0.25, 0.3) is 0 Å². The maximum Gasteiger partial charge on any atom is 0.0807 e. The smallest absolute Gasteiger partial charge is 0.0807 e. The molecule has 66 valence electrons. The summed E-state index contributed by atoms with van der Waals surface area (Å²) >= 11 is 5.60. The van der Waals surface area contributed by atoms with Crippen LogP contribution in [0.4, 0.5) is 0 Å². The summed E-state index contributed by atoms with van der Waals surface area (Å²) in [7, 11) is 0. The molecule has 0 aromatic rings. The van der Waals surface area contributed by atoms with Crippen LogP contribution in [0.2, 0.25) is 0 Å². The Morgan fingerprint density at radius 1 is 1.45 bits per heavy atom. The van der Waals surface area contributed by atoms with Crippen LogP contribution in [0.15, 0.2) is 0 Å². The van der Waals surface area contributed by atoms with Crippen molar-refractivity contribution in [2.24, 2.45) is 0 Å². The van der Waals surface area contributed by atoms with Gasteiger partial charge in [-0.05, 0) is 12.8 Å². The zero-order valence-corrected chi connectivity index (χ0v) is 7.35. The first-order valence-electron chi connectivity index (χ1n) is 4.13. The van der Waals surface area contributed by atoms with Crippen molar-refractivity contribution in [1.82, 2.24) is 0 Å². The fourth-order valence-corrected chi connectivity index (χ4v) is 1.84. The van der Waals surface area contributed by atoms with Crippen LogP contribution in [0.5, 0.6) is 0 Å². The number of alkyl halides is 1. The molecule has 0 radical (unpaired) electrons. The monoisotopic (exact) mass is 178 g/mol. The van der Waals surface area contributed by atoms with Crippen LogP contribution in [0.3, 0.4) is 0 Å². The highest BCUT2D eigenvalue weighted by atomic mass is 35.5. The van der Waals surface area contributed by atoms with E-state index in [1.807, 2.05) is 0 Å². The van der Waals surface area contributed by atoms with E-state index in [0.717, 1.165) is 25.7 Å².